The number of aliphatic carboxylic acids is 1. The molecule has 0 radical (unpaired) electrons. The lowest BCUT2D eigenvalue weighted by Gasteiger charge is -2.20. The Balaban J connectivity index is 2.95. The van der Waals surface area contributed by atoms with E-state index in [1.807, 2.05) is 0 Å². The third kappa shape index (κ3) is 2.46. The van der Waals surface area contributed by atoms with Crippen molar-refractivity contribution in [1.29, 1.82) is 0 Å². The van der Waals surface area contributed by atoms with E-state index in [1.54, 1.807) is 0 Å². The van der Waals surface area contributed by atoms with Crippen molar-refractivity contribution in [2.45, 2.75) is 12.0 Å². The van der Waals surface area contributed by atoms with Gasteiger partial charge in [-0.3, -0.25) is 4.79 Å². The predicted octanol–water partition coefficient (Wildman–Crippen LogP) is 0.825. The maximum absolute atomic E-state index is 12.9. The second kappa shape index (κ2) is 4.44. The lowest BCUT2D eigenvalue weighted by molar-refractivity contribution is -0.143. The number of phenolic OH excluding ortho intramolecular Hbond substituents is 1. The molecule has 0 unspecified atom stereocenters. The van der Waals surface area contributed by atoms with Gasteiger partial charge < -0.3 is 15.9 Å². The molecule has 1 atom stereocenters. The molecule has 0 heterocycles. The Morgan fingerprint density at radius 2 is 2.12 bits per heavy atom. The number of alkyl halides is 1. The van der Waals surface area contributed by atoms with Crippen molar-refractivity contribution in [2.75, 3.05) is 6.67 Å². The number of benzene rings is 1. The van der Waals surface area contributed by atoms with Gasteiger partial charge in [-0.05, 0) is 17.7 Å². The summed E-state index contributed by atoms with van der Waals surface area (Å²) in [6.45, 7) is -1.26. The number of carboxylic acid groups (broad SMARTS) is 1. The lowest BCUT2D eigenvalue weighted by atomic mass is 9.93. The van der Waals surface area contributed by atoms with Crippen LogP contribution in [0.4, 0.5) is 8.78 Å². The molecular weight excluding hydrogens is 219 g/mol. The minimum Gasteiger partial charge on any atom is -0.505 e. The summed E-state index contributed by atoms with van der Waals surface area (Å²) in [4.78, 5) is 10.7. The second-order valence-corrected chi connectivity index (χ2v) is 3.56. The van der Waals surface area contributed by atoms with E-state index in [9.17, 15) is 13.6 Å². The molecule has 4 N–H and O–H groups in total. The lowest BCUT2D eigenvalue weighted by Crippen LogP contribution is -2.52. The monoisotopic (exact) mass is 230 g/mol. The first kappa shape index (κ1) is 12.4. The summed E-state index contributed by atoms with van der Waals surface area (Å²) in [7, 11) is 0. The molecule has 88 valence electrons. The van der Waals surface area contributed by atoms with Gasteiger partial charge in [0.05, 0.1) is 0 Å². The third-order valence-electron chi connectivity index (χ3n) is 2.20. The third-order valence-corrected chi connectivity index (χ3v) is 2.20. The highest BCUT2D eigenvalue weighted by Gasteiger charge is 2.34. The number of nitrogens with two attached hydrogens (primary N) is 1. The molecule has 0 fully saturated rings. The Kier molecular flexibility index (Phi) is 3.44. The summed E-state index contributed by atoms with van der Waals surface area (Å²) in [6, 6.07) is 3.28. The van der Waals surface area contributed by atoms with E-state index in [2.05, 4.69) is 0 Å². The summed E-state index contributed by atoms with van der Waals surface area (Å²) in [5.41, 5.74) is 3.44. The van der Waals surface area contributed by atoms with E-state index >= 15 is 0 Å². The number of aromatic hydroxyl groups is 1. The van der Waals surface area contributed by atoms with Crippen LogP contribution < -0.4 is 5.73 Å². The summed E-state index contributed by atoms with van der Waals surface area (Å²) >= 11 is 0. The van der Waals surface area contributed by atoms with Gasteiger partial charge >= 0.3 is 5.97 Å². The highest BCUT2D eigenvalue weighted by molar-refractivity contribution is 5.79. The van der Waals surface area contributed by atoms with Crippen LogP contribution in [0, 0.1) is 5.82 Å². The van der Waals surface area contributed by atoms with Crippen molar-refractivity contribution >= 4 is 5.97 Å². The van der Waals surface area contributed by atoms with Crippen molar-refractivity contribution in [2.24, 2.45) is 5.73 Å². The van der Waals surface area contributed by atoms with Gasteiger partial charge in [0.2, 0.25) is 0 Å². The van der Waals surface area contributed by atoms with Gasteiger partial charge in [-0.2, -0.15) is 0 Å². The van der Waals surface area contributed by atoms with E-state index in [0.717, 1.165) is 12.1 Å². The zero-order valence-electron chi connectivity index (χ0n) is 8.28. The first-order valence-electron chi connectivity index (χ1n) is 4.44. The van der Waals surface area contributed by atoms with Crippen molar-refractivity contribution in [1.82, 2.24) is 0 Å². The zero-order valence-corrected chi connectivity index (χ0v) is 8.28. The zero-order chi connectivity index (χ0) is 12.3. The number of rotatable bonds is 4. The minimum absolute atomic E-state index is 0.206. The van der Waals surface area contributed by atoms with Crippen molar-refractivity contribution in [3.8, 4) is 5.75 Å². The van der Waals surface area contributed by atoms with Gasteiger partial charge in [0.25, 0.3) is 0 Å². The minimum atomic E-state index is -2.07. The maximum Gasteiger partial charge on any atom is 0.326 e. The molecule has 1 aromatic rings. The molecule has 0 amide bonds. The number of carboxylic acids is 1. The van der Waals surface area contributed by atoms with Gasteiger partial charge in [-0.15, -0.1) is 0 Å². The highest BCUT2D eigenvalue weighted by Crippen LogP contribution is 2.19. The van der Waals surface area contributed by atoms with Crippen molar-refractivity contribution in [3.05, 3.63) is 29.6 Å². The van der Waals surface area contributed by atoms with Crippen LogP contribution in [0.1, 0.15) is 5.56 Å². The van der Waals surface area contributed by atoms with Gasteiger partial charge in [-0.1, -0.05) is 6.07 Å². The van der Waals surface area contributed by atoms with E-state index < -0.39 is 29.7 Å². The van der Waals surface area contributed by atoms with Crippen LogP contribution in [0.2, 0.25) is 0 Å². The molecule has 0 saturated heterocycles. The Labute approximate surface area is 90.3 Å². The molecular formula is C10H11F2NO3. The Bertz CT molecular complexity index is 411. The first-order chi connectivity index (χ1) is 7.39. The fraction of sp³-hybridized carbons (Fsp3) is 0.300. The van der Waals surface area contributed by atoms with Crippen LogP contribution in [-0.2, 0) is 11.2 Å². The van der Waals surface area contributed by atoms with Crippen LogP contribution in [0.15, 0.2) is 18.2 Å². The van der Waals surface area contributed by atoms with Crippen LogP contribution in [0.3, 0.4) is 0 Å². The number of hydrogen-bond acceptors (Lipinski definition) is 3. The van der Waals surface area contributed by atoms with Gasteiger partial charge in [0, 0.05) is 6.42 Å². The molecule has 4 nitrogen and oxygen atoms in total. The van der Waals surface area contributed by atoms with Crippen LogP contribution in [0.5, 0.6) is 5.75 Å². The molecule has 0 aliphatic heterocycles. The van der Waals surface area contributed by atoms with E-state index in [0.29, 0.717) is 0 Å². The number of halogens is 2. The molecule has 6 heteroatoms. The number of carbonyl (C=O) groups is 1. The summed E-state index contributed by atoms with van der Waals surface area (Å²) in [6.07, 6.45) is -0.351. The van der Waals surface area contributed by atoms with Crippen molar-refractivity contribution in [3.63, 3.8) is 0 Å². The molecule has 0 saturated carbocycles. The molecule has 0 aromatic heterocycles. The van der Waals surface area contributed by atoms with Crippen LogP contribution in [-0.4, -0.2) is 28.4 Å². The van der Waals surface area contributed by atoms with Crippen LogP contribution in [0.25, 0.3) is 0 Å². The quantitative estimate of drug-likeness (QED) is 0.715. The molecule has 1 aromatic carbocycles. The second-order valence-electron chi connectivity index (χ2n) is 3.56. The standard InChI is InChI=1S/C10H11F2NO3/c11-5-10(13,9(15)16)4-6-1-2-8(14)7(12)3-6/h1-3,14H,4-5,13H2,(H,15,16)/t10-/m1/s1/i12-1. The highest BCUT2D eigenvalue weighted by atomic mass is 19.1. The number of hydrogen-bond donors (Lipinski definition) is 3. The Morgan fingerprint density at radius 3 is 2.56 bits per heavy atom. The molecule has 1 rings (SSSR count). The largest absolute Gasteiger partial charge is 0.505 e. The average molecular weight is 230 g/mol. The van der Waals surface area contributed by atoms with Crippen molar-refractivity contribution < 1.29 is 23.8 Å². The molecule has 0 aliphatic carbocycles. The Hall–Kier alpha value is -1.69. The van der Waals surface area contributed by atoms with Gasteiger partial charge in [-0.25, -0.2) is 8.78 Å². The average Bonchev–Trinajstić information content (AvgIpc) is 2.23. The fourth-order valence-corrected chi connectivity index (χ4v) is 1.20. The maximum atomic E-state index is 12.9. The predicted molar refractivity (Wildman–Crippen MR) is 52.3 cm³/mol. The van der Waals surface area contributed by atoms with Gasteiger partial charge in [0.15, 0.2) is 11.6 Å². The molecule has 0 bridgehead atoms. The molecule has 0 spiro atoms. The van der Waals surface area contributed by atoms with E-state index in [4.69, 9.17) is 15.9 Å². The topological polar surface area (TPSA) is 83.5 Å². The Morgan fingerprint density at radius 1 is 1.50 bits per heavy atom. The summed E-state index contributed by atoms with van der Waals surface area (Å²) < 4.78 is 25.4. The van der Waals surface area contributed by atoms with E-state index in [-0.39, 0.29) is 12.0 Å². The summed E-state index contributed by atoms with van der Waals surface area (Å²) in [5.74, 6) is -2.95. The first-order valence-corrected chi connectivity index (χ1v) is 4.44. The smallest absolute Gasteiger partial charge is 0.326 e. The molecule has 16 heavy (non-hydrogen) atoms. The normalized spacial score (nSPS) is 14.4. The van der Waals surface area contributed by atoms with Crippen LogP contribution >= 0.6 is 0 Å². The molecule has 0 aliphatic rings. The fourth-order valence-electron chi connectivity index (χ4n) is 1.20. The summed E-state index contributed by atoms with van der Waals surface area (Å²) in [5, 5.41) is 17.6. The van der Waals surface area contributed by atoms with E-state index in [1.165, 1.54) is 6.07 Å². The SMILES string of the molecule is N[C@@](CF)(Cc1ccc(O)c([18F])c1)C(=O)O. The number of phenols is 1. The van der Waals surface area contributed by atoms with Gasteiger partial charge in [0.1, 0.15) is 12.2 Å².